The molecule has 30 heavy (non-hydrogen) atoms. The highest BCUT2D eigenvalue weighted by Gasteiger charge is 2.71. The Balaban J connectivity index is 1.71. The van der Waals surface area contributed by atoms with Gasteiger partial charge in [-0.25, -0.2) is 22.5 Å². The number of amidine groups is 1. The molecule has 0 spiro atoms. The van der Waals surface area contributed by atoms with Crippen molar-refractivity contribution in [2.75, 3.05) is 5.32 Å². The number of nitrogens with one attached hydrogen (secondary N) is 1. The Bertz CT molecular complexity index is 1070. The van der Waals surface area contributed by atoms with Crippen LogP contribution in [-0.2, 0) is 5.54 Å². The molecule has 3 atom stereocenters. The summed E-state index contributed by atoms with van der Waals surface area (Å²) in [6.07, 6.45) is -1.38. The van der Waals surface area contributed by atoms with E-state index in [4.69, 9.17) is 17.3 Å². The van der Waals surface area contributed by atoms with E-state index in [9.17, 15) is 22.4 Å². The fraction of sp³-hybridized carbons (Fsp3) is 0.316. The largest absolute Gasteiger partial charge is 0.378 e. The van der Waals surface area contributed by atoms with E-state index in [1.54, 1.807) is 0 Å². The SMILES string of the molecule is C[C@@]1(c2cc(NC(=O)c3ccc(Cl)cn3)cc(F)c2F)N=C(N)S[C@@]2(C(F)F)C[C@@H]12. The lowest BCUT2D eigenvalue weighted by molar-refractivity contribution is 0.102. The number of benzene rings is 1. The van der Waals surface area contributed by atoms with E-state index in [0.717, 1.165) is 17.8 Å². The van der Waals surface area contributed by atoms with E-state index < -0.39 is 40.2 Å². The molecule has 2 heterocycles. The number of fused-ring (bicyclic) bond motifs is 1. The molecule has 1 saturated carbocycles. The molecule has 0 saturated heterocycles. The lowest BCUT2D eigenvalue weighted by Crippen LogP contribution is -2.39. The number of thioether (sulfide) groups is 1. The average molecular weight is 459 g/mol. The van der Waals surface area contributed by atoms with Crippen LogP contribution in [0.2, 0.25) is 5.02 Å². The second-order valence-electron chi connectivity index (χ2n) is 7.35. The Kier molecular flexibility index (Phi) is 4.97. The monoisotopic (exact) mass is 458 g/mol. The number of nitrogens with two attached hydrogens (primary N) is 1. The van der Waals surface area contributed by atoms with Crippen molar-refractivity contribution < 1.29 is 22.4 Å². The summed E-state index contributed by atoms with van der Waals surface area (Å²) in [5.74, 6) is -3.88. The summed E-state index contributed by atoms with van der Waals surface area (Å²) < 4.78 is 54.9. The van der Waals surface area contributed by atoms with E-state index in [0.29, 0.717) is 5.02 Å². The van der Waals surface area contributed by atoms with Gasteiger partial charge < -0.3 is 11.1 Å². The van der Waals surface area contributed by atoms with Crippen molar-refractivity contribution in [3.8, 4) is 0 Å². The first kappa shape index (κ1) is 20.9. The highest BCUT2D eigenvalue weighted by atomic mass is 35.5. The molecule has 1 aromatic heterocycles. The van der Waals surface area contributed by atoms with Gasteiger partial charge in [0.1, 0.15) is 5.69 Å². The number of hydrogen-bond donors (Lipinski definition) is 2. The number of carbonyl (C=O) groups is 1. The zero-order valence-corrected chi connectivity index (χ0v) is 17.0. The van der Waals surface area contributed by atoms with Gasteiger partial charge in [0.2, 0.25) is 0 Å². The van der Waals surface area contributed by atoms with Crippen molar-refractivity contribution in [3.63, 3.8) is 0 Å². The van der Waals surface area contributed by atoms with Crippen LogP contribution in [0.1, 0.15) is 29.4 Å². The maximum atomic E-state index is 14.7. The van der Waals surface area contributed by atoms with Gasteiger partial charge in [-0.1, -0.05) is 23.4 Å². The number of anilines is 1. The quantitative estimate of drug-likeness (QED) is 0.658. The molecule has 1 aliphatic carbocycles. The minimum Gasteiger partial charge on any atom is -0.378 e. The van der Waals surface area contributed by atoms with Crippen LogP contribution in [-0.4, -0.2) is 27.2 Å². The minimum atomic E-state index is -2.70. The molecule has 1 fully saturated rings. The first-order valence-electron chi connectivity index (χ1n) is 8.82. The third-order valence-corrected chi connectivity index (χ3v) is 6.96. The summed E-state index contributed by atoms with van der Waals surface area (Å²) >= 11 is 6.50. The number of carbonyl (C=O) groups excluding carboxylic acids is 1. The number of halogens is 5. The molecule has 0 unspecified atom stereocenters. The lowest BCUT2D eigenvalue weighted by atomic mass is 9.85. The zero-order valence-electron chi connectivity index (χ0n) is 15.4. The van der Waals surface area contributed by atoms with E-state index in [1.165, 1.54) is 31.3 Å². The summed E-state index contributed by atoms with van der Waals surface area (Å²) in [5, 5.41) is 2.64. The fourth-order valence-electron chi connectivity index (χ4n) is 3.84. The molecule has 4 rings (SSSR count). The third-order valence-electron chi connectivity index (χ3n) is 5.43. The summed E-state index contributed by atoms with van der Waals surface area (Å²) in [6.45, 7) is 1.44. The smallest absolute Gasteiger partial charge is 0.274 e. The molecular weight excluding hydrogens is 444 g/mol. The number of aliphatic imine (C=N–C) groups is 1. The van der Waals surface area contributed by atoms with Gasteiger partial charge in [-0.05, 0) is 31.5 Å². The first-order chi connectivity index (χ1) is 14.1. The molecule has 158 valence electrons. The lowest BCUT2D eigenvalue weighted by Gasteiger charge is -2.34. The van der Waals surface area contributed by atoms with E-state index in [1.807, 2.05) is 0 Å². The molecule has 0 radical (unpaired) electrons. The highest BCUT2D eigenvalue weighted by Crippen LogP contribution is 2.68. The molecule has 3 N–H and O–H groups in total. The van der Waals surface area contributed by atoms with Crippen LogP contribution in [0.5, 0.6) is 0 Å². The summed E-state index contributed by atoms with van der Waals surface area (Å²) in [4.78, 5) is 20.4. The average Bonchev–Trinajstić information content (AvgIpc) is 3.42. The van der Waals surface area contributed by atoms with Gasteiger partial charge in [0.15, 0.2) is 16.8 Å². The number of hydrogen-bond acceptors (Lipinski definition) is 5. The molecule has 2 aliphatic rings. The summed E-state index contributed by atoms with van der Waals surface area (Å²) in [7, 11) is 0. The second kappa shape index (κ2) is 7.12. The third kappa shape index (κ3) is 3.31. The highest BCUT2D eigenvalue weighted by molar-refractivity contribution is 8.15. The number of rotatable bonds is 4. The van der Waals surface area contributed by atoms with Crippen molar-refractivity contribution in [2.45, 2.75) is 30.1 Å². The minimum absolute atomic E-state index is 0.00661. The number of aromatic nitrogens is 1. The van der Waals surface area contributed by atoms with Gasteiger partial charge in [0, 0.05) is 29.4 Å². The van der Waals surface area contributed by atoms with Gasteiger partial charge in [-0.15, -0.1) is 0 Å². The standard InChI is InChI=1S/C19H15ClF4N4OS/c1-18(13-6-19(13,16(23)24)30-17(25)28-18)10-4-9(5-11(21)14(10)22)27-15(29)12-3-2-8(20)7-26-12/h2-5,7,13,16H,6H2,1H3,(H2,25,28)(H,27,29)/t13-,18-,19-/m0/s1. The van der Waals surface area contributed by atoms with Gasteiger partial charge in [-0.2, -0.15) is 0 Å². The Morgan fingerprint density at radius 3 is 2.73 bits per heavy atom. The summed E-state index contributed by atoms with van der Waals surface area (Å²) in [5.41, 5.74) is 3.94. The Morgan fingerprint density at radius 2 is 2.10 bits per heavy atom. The van der Waals surface area contributed by atoms with Gasteiger partial charge in [-0.3, -0.25) is 9.79 Å². The van der Waals surface area contributed by atoms with Gasteiger partial charge in [0.25, 0.3) is 12.3 Å². The van der Waals surface area contributed by atoms with Crippen LogP contribution in [0, 0.1) is 17.6 Å². The predicted octanol–water partition coefficient (Wildman–Crippen LogP) is 4.57. The summed E-state index contributed by atoms with van der Waals surface area (Å²) in [6, 6.07) is 4.81. The van der Waals surface area contributed by atoms with E-state index in [-0.39, 0.29) is 28.5 Å². The van der Waals surface area contributed by atoms with Gasteiger partial charge >= 0.3 is 0 Å². The zero-order chi connectivity index (χ0) is 21.8. The van der Waals surface area contributed by atoms with Crippen LogP contribution in [0.3, 0.4) is 0 Å². The van der Waals surface area contributed by atoms with Crippen molar-refractivity contribution in [1.82, 2.24) is 4.98 Å². The van der Waals surface area contributed by atoms with Crippen molar-refractivity contribution in [3.05, 3.63) is 58.4 Å². The molecule has 11 heteroatoms. The van der Waals surface area contributed by atoms with Gasteiger partial charge in [0.05, 0.1) is 15.3 Å². The number of amides is 1. The number of nitrogens with zero attached hydrogens (tertiary/aromatic N) is 2. The Labute approximate surface area is 178 Å². The number of pyridine rings is 1. The van der Waals surface area contributed by atoms with Crippen molar-refractivity contribution in [1.29, 1.82) is 0 Å². The topological polar surface area (TPSA) is 80.4 Å². The Hall–Kier alpha value is -2.33. The molecule has 1 aliphatic heterocycles. The normalized spacial score (nSPS) is 27.4. The number of alkyl halides is 2. The molecular formula is C19H15ClF4N4OS. The maximum Gasteiger partial charge on any atom is 0.274 e. The molecule has 1 amide bonds. The molecule has 0 bridgehead atoms. The fourth-order valence-corrected chi connectivity index (χ4v) is 5.29. The second-order valence-corrected chi connectivity index (χ2v) is 9.17. The van der Waals surface area contributed by atoms with Crippen molar-refractivity contribution >= 4 is 40.1 Å². The van der Waals surface area contributed by atoms with Crippen LogP contribution < -0.4 is 11.1 Å². The maximum absolute atomic E-state index is 14.7. The molecule has 1 aromatic carbocycles. The van der Waals surface area contributed by atoms with Crippen LogP contribution in [0.4, 0.5) is 23.2 Å². The van der Waals surface area contributed by atoms with Crippen LogP contribution in [0.25, 0.3) is 0 Å². The molecule has 5 nitrogen and oxygen atoms in total. The molecule has 2 aromatic rings. The van der Waals surface area contributed by atoms with Crippen LogP contribution >= 0.6 is 23.4 Å². The first-order valence-corrected chi connectivity index (χ1v) is 10.0. The Morgan fingerprint density at radius 1 is 1.37 bits per heavy atom. The predicted molar refractivity (Wildman–Crippen MR) is 107 cm³/mol. The van der Waals surface area contributed by atoms with Crippen molar-refractivity contribution in [2.24, 2.45) is 16.6 Å². The van der Waals surface area contributed by atoms with E-state index >= 15 is 0 Å². The van der Waals surface area contributed by atoms with Crippen LogP contribution in [0.15, 0.2) is 35.5 Å². The van der Waals surface area contributed by atoms with E-state index in [2.05, 4.69) is 15.3 Å².